The largest absolute Gasteiger partial charge is 0.416 e. The second-order valence-corrected chi connectivity index (χ2v) is 5.40. The van der Waals surface area contributed by atoms with Crippen LogP contribution in [0.15, 0.2) is 24.3 Å². The van der Waals surface area contributed by atoms with E-state index in [2.05, 4.69) is 0 Å². The third-order valence-electron chi connectivity index (χ3n) is 2.73. The summed E-state index contributed by atoms with van der Waals surface area (Å²) < 4.78 is 37.1. The minimum atomic E-state index is -4.34. The molecule has 2 N–H and O–H groups in total. The van der Waals surface area contributed by atoms with Gasteiger partial charge < -0.3 is 5.73 Å². The number of benzene rings is 1. The van der Waals surface area contributed by atoms with Gasteiger partial charge in [-0.3, -0.25) is 4.79 Å². The SMILES string of the molecule is CC(C)(N)CCC(=O)Cc1ccc(C(F)(F)F)cc1. The van der Waals surface area contributed by atoms with Crippen molar-refractivity contribution in [3.63, 3.8) is 0 Å². The van der Waals surface area contributed by atoms with Crippen LogP contribution < -0.4 is 5.73 Å². The zero-order valence-corrected chi connectivity index (χ0v) is 11.1. The maximum Gasteiger partial charge on any atom is 0.416 e. The van der Waals surface area contributed by atoms with E-state index >= 15 is 0 Å². The van der Waals surface area contributed by atoms with E-state index in [1.165, 1.54) is 12.1 Å². The summed E-state index contributed by atoms with van der Waals surface area (Å²) in [6, 6.07) is 4.67. The number of hydrogen-bond acceptors (Lipinski definition) is 2. The summed E-state index contributed by atoms with van der Waals surface area (Å²) >= 11 is 0. The molecule has 0 amide bonds. The van der Waals surface area contributed by atoms with Crippen LogP contribution in [0.4, 0.5) is 13.2 Å². The lowest BCUT2D eigenvalue weighted by Crippen LogP contribution is -2.32. The van der Waals surface area contributed by atoms with Gasteiger partial charge in [-0.1, -0.05) is 12.1 Å². The van der Waals surface area contributed by atoms with E-state index in [1.54, 1.807) is 0 Å². The van der Waals surface area contributed by atoms with Gasteiger partial charge in [0.2, 0.25) is 0 Å². The van der Waals surface area contributed by atoms with Crippen LogP contribution in [0.25, 0.3) is 0 Å². The van der Waals surface area contributed by atoms with Crippen molar-refractivity contribution in [2.45, 2.75) is 44.8 Å². The molecule has 0 saturated carbocycles. The van der Waals surface area contributed by atoms with Crippen LogP contribution in [-0.2, 0) is 17.4 Å². The number of rotatable bonds is 5. The molecule has 0 aliphatic heterocycles. The summed E-state index contributed by atoms with van der Waals surface area (Å²) in [6.07, 6.45) is -3.29. The van der Waals surface area contributed by atoms with Crippen molar-refractivity contribution in [2.24, 2.45) is 5.73 Å². The van der Waals surface area contributed by atoms with Gasteiger partial charge in [-0.25, -0.2) is 0 Å². The number of carbonyl (C=O) groups excluding carboxylic acids is 1. The summed E-state index contributed by atoms with van der Waals surface area (Å²) in [5.74, 6) is -0.0155. The molecule has 0 heterocycles. The van der Waals surface area contributed by atoms with E-state index in [-0.39, 0.29) is 12.2 Å². The Morgan fingerprint density at radius 2 is 1.68 bits per heavy atom. The zero-order chi connectivity index (χ0) is 14.7. The molecule has 0 fully saturated rings. The van der Waals surface area contributed by atoms with Gasteiger partial charge in [-0.2, -0.15) is 13.2 Å². The Balaban J connectivity index is 2.56. The fourth-order valence-corrected chi connectivity index (χ4v) is 1.59. The van der Waals surface area contributed by atoms with Crippen molar-refractivity contribution < 1.29 is 18.0 Å². The molecule has 0 aromatic heterocycles. The van der Waals surface area contributed by atoms with Crippen molar-refractivity contribution in [3.05, 3.63) is 35.4 Å². The smallest absolute Gasteiger partial charge is 0.326 e. The summed E-state index contributed by atoms with van der Waals surface area (Å²) in [6.45, 7) is 3.66. The Morgan fingerprint density at radius 3 is 2.11 bits per heavy atom. The average Bonchev–Trinajstić information content (AvgIpc) is 2.25. The van der Waals surface area contributed by atoms with Crippen LogP contribution in [0.3, 0.4) is 0 Å². The quantitative estimate of drug-likeness (QED) is 0.894. The first-order valence-corrected chi connectivity index (χ1v) is 6.05. The van der Waals surface area contributed by atoms with E-state index in [0.29, 0.717) is 18.4 Å². The van der Waals surface area contributed by atoms with Gasteiger partial charge in [0.15, 0.2) is 0 Å². The molecule has 0 unspecified atom stereocenters. The number of ketones is 1. The first kappa shape index (κ1) is 15.7. The number of Topliss-reactive ketones (excluding diaryl/α,β-unsaturated/α-hetero) is 1. The fraction of sp³-hybridized carbons (Fsp3) is 0.500. The third kappa shape index (κ3) is 5.87. The number of hydrogen-bond donors (Lipinski definition) is 1. The lowest BCUT2D eigenvalue weighted by molar-refractivity contribution is -0.137. The summed E-state index contributed by atoms with van der Waals surface area (Å²) in [5, 5.41) is 0. The Hall–Kier alpha value is -1.36. The molecule has 0 aliphatic carbocycles. The Bertz CT molecular complexity index is 429. The van der Waals surface area contributed by atoms with Gasteiger partial charge in [0.05, 0.1) is 5.56 Å². The third-order valence-corrected chi connectivity index (χ3v) is 2.73. The second-order valence-electron chi connectivity index (χ2n) is 5.40. The van der Waals surface area contributed by atoms with Crippen LogP contribution in [0.1, 0.15) is 37.8 Å². The molecule has 5 heteroatoms. The normalized spacial score (nSPS) is 12.5. The van der Waals surface area contributed by atoms with E-state index in [4.69, 9.17) is 5.73 Å². The molecule has 0 atom stereocenters. The minimum absolute atomic E-state index is 0.0155. The molecule has 1 rings (SSSR count). The number of carbonyl (C=O) groups is 1. The highest BCUT2D eigenvalue weighted by atomic mass is 19.4. The number of nitrogens with two attached hydrogens (primary N) is 1. The van der Waals surface area contributed by atoms with Crippen LogP contribution in [0, 0.1) is 0 Å². The lowest BCUT2D eigenvalue weighted by atomic mass is 9.96. The minimum Gasteiger partial charge on any atom is -0.326 e. The lowest BCUT2D eigenvalue weighted by Gasteiger charge is -2.17. The van der Waals surface area contributed by atoms with Crippen LogP contribution >= 0.6 is 0 Å². The Labute approximate surface area is 110 Å². The van der Waals surface area contributed by atoms with E-state index < -0.39 is 17.3 Å². The molecule has 106 valence electrons. The summed E-state index contributed by atoms with van der Waals surface area (Å²) in [7, 11) is 0. The van der Waals surface area contributed by atoms with Gasteiger partial charge in [-0.15, -0.1) is 0 Å². The molecule has 2 nitrogen and oxygen atoms in total. The van der Waals surface area contributed by atoms with E-state index in [9.17, 15) is 18.0 Å². The molecule has 1 aromatic carbocycles. The molecule has 0 spiro atoms. The maximum absolute atomic E-state index is 12.4. The summed E-state index contributed by atoms with van der Waals surface area (Å²) in [4.78, 5) is 11.7. The van der Waals surface area contributed by atoms with Crippen molar-refractivity contribution >= 4 is 5.78 Å². The van der Waals surface area contributed by atoms with Gasteiger partial charge in [0.25, 0.3) is 0 Å². The number of alkyl halides is 3. The molecular weight excluding hydrogens is 255 g/mol. The standard InChI is InChI=1S/C14H18F3NO/c1-13(2,18)8-7-12(19)9-10-3-5-11(6-4-10)14(15,16)17/h3-6H,7-9,18H2,1-2H3. The topological polar surface area (TPSA) is 43.1 Å². The predicted molar refractivity (Wildman–Crippen MR) is 67.7 cm³/mol. The molecular formula is C14H18F3NO. The van der Waals surface area contributed by atoms with E-state index in [0.717, 1.165) is 12.1 Å². The van der Waals surface area contributed by atoms with Crippen LogP contribution in [0.5, 0.6) is 0 Å². The second kappa shape index (κ2) is 5.74. The van der Waals surface area contributed by atoms with Crippen LogP contribution in [0.2, 0.25) is 0 Å². The monoisotopic (exact) mass is 273 g/mol. The molecule has 0 saturated heterocycles. The van der Waals surface area contributed by atoms with E-state index in [1.807, 2.05) is 13.8 Å². The van der Waals surface area contributed by atoms with Gasteiger partial charge in [0.1, 0.15) is 5.78 Å². The van der Waals surface area contributed by atoms with Crippen molar-refractivity contribution in [1.82, 2.24) is 0 Å². The molecule has 0 bridgehead atoms. The van der Waals surface area contributed by atoms with Crippen molar-refractivity contribution in [1.29, 1.82) is 0 Å². The first-order valence-electron chi connectivity index (χ1n) is 6.05. The molecule has 19 heavy (non-hydrogen) atoms. The molecule has 0 aliphatic rings. The highest BCUT2D eigenvalue weighted by Crippen LogP contribution is 2.29. The van der Waals surface area contributed by atoms with Gasteiger partial charge in [0, 0.05) is 18.4 Å². The van der Waals surface area contributed by atoms with Gasteiger partial charge >= 0.3 is 6.18 Å². The highest BCUT2D eigenvalue weighted by Gasteiger charge is 2.29. The van der Waals surface area contributed by atoms with Crippen LogP contribution in [-0.4, -0.2) is 11.3 Å². The zero-order valence-electron chi connectivity index (χ0n) is 11.1. The molecule has 1 aromatic rings. The average molecular weight is 273 g/mol. The molecule has 0 radical (unpaired) electrons. The Morgan fingerprint density at radius 1 is 1.16 bits per heavy atom. The maximum atomic E-state index is 12.4. The Kier molecular flexibility index (Phi) is 4.74. The van der Waals surface area contributed by atoms with Crippen molar-refractivity contribution in [3.8, 4) is 0 Å². The predicted octanol–water partition coefficient (Wildman–Crippen LogP) is 3.33. The first-order chi connectivity index (χ1) is 8.58. The number of halogens is 3. The highest BCUT2D eigenvalue weighted by molar-refractivity contribution is 5.80. The van der Waals surface area contributed by atoms with Gasteiger partial charge in [-0.05, 0) is 38.0 Å². The fourth-order valence-electron chi connectivity index (χ4n) is 1.59. The summed E-state index contributed by atoms with van der Waals surface area (Å²) in [5.41, 5.74) is 5.25. The van der Waals surface area contributed by atoms with Crippen molar-refractivity contribution in [2.75, 3.05) is 0 Å².